The van der Waals surface area contributed by atoms with Crippen LogP contribution in [0.25, 0.3) is 11.4 Å². The summed E-state index contributed by atoms with van der Waals surface area (Å²) in [5, 5.41) is 11.1. The zero-order valence-electron chi connectivity index (χ0n) is 9.71. The van der Waals surface area contributed by atoms with E-state index in [1.165, 1.54) is 22.9 Å². The molecule has 0 amide bonds. The Bertz CT molecular complexity index is 585. The lowest BCUT2D eigenvalue weighted by Gasteiger charge is -2.06. The van der Waals surface area contributed by atoms with Gasteiger partial charge in [0.15, 0.2) is 5.82 Å². The number of halogens is 1. The van der Waals surface area contributed by atoms with Crippen molar-refractivity contribution in [2.75, 3.05) is 17.7 Å². The number of tetrazole rings is 1. The van der Waals surface area contributed by atoms with E-state index in [1.807, 2.05) is 0 Å². The summed E-state index contributed by atoms with van der Waals surface area (Å²) < 4.78 is 25.7. The van der Waals surface area contributed by atoms with Crippen LogP contribution in [0, 0.1) is 5.82 Å². The molecule has 0 aliphatic heterocycles. The van der Waals surface area contributed by atoms with Crippen molar-refractivity contribution >= 4 is 16.5 Å². The lowest BCUT2D eigenvalue weighted by molar-refractivity contribution is 0.620. The molecule has 6 nitrogen and oxygen atoms in total. The van der Waals surface area contributed by atoms with E-state index in [4.69, 9.17) is 5.73 Å². The van der Waals surface area contributed by atoms with Crippen molar-refractivity contribution in [3.8, 4) is 11.4 Å². The zero-order valence-corrected chi connectivity index (χ0v) is 10.5. The number of benzene rings is 1. The first-order valence-electron chi connectivity index (χ1n) is 5.19. The number of aryl methyl sites for hydroxylation is 1. The Morgan fingerprint density at radius 3 is 3.00 bits per heavy atom. The summed E-state index contributed by atoms with van der Waals surface area (Å²) in [5.74, 6) is 0.387. The quantitative estimate of drug-likeness (QED) is 0.814. The van der Waals surface area contributed by atoms with Crippen molar-refractivity contribution in [1.29, 1.82) is 0 Å². The Morgan fingerprint density at radius 1 is 1.50 bits per heavy atom. The Balaban J connectivity index is 2.36. The summed E-state index contributed by atoms with van der Waals surface area (Å²) in [7, 11) is -0.946. The number of nitrogens with two attached hydrogens (primary N) is 1. The molecule has 0 saturated heterocycles. The smallest absolute Gasteiger partial charge is 0.184 e. The second-order valence-electron chi connectivity index (χ2n) is 3.73. The summed E-state index contributed by atoms with van der Waals surface area (Å²) >= 11 is 0. The second-order valence-corrected chi connectivity index (χ2v) is 5.29. The number of hydrogen-bond donors (Lipinski definition) is 1. The van der Waals surface area contributed by atoms with Crippen molar-refractivity contribution in [2.45, 2.75) is 6.54 Å². The minimum absolute atomic E-state index is 0.373. The SMILES string of the molecule is CS(=O)CCn1nnnc1-c1cc(F)ccc1N. The van der Waals surface area contributed by atoms with Crippen LogP contribution in [-0.4, -0.2) is 36.4 Å². The topological polar surface area (TPSA) is 86.7 Å². The maximum absolute atomic E-state index is 13.2. The minimum Gasteiger partial charge on any atom is -0.398 e. The molecule has 0 saturated carbocycles. The van der Waals surface area contributed by atoms with Crippen LogP contribution in [0.2, 0.25) is 0 Å². The van der Waals surface area contributed by atoms with Gasteiger partial charge in [0.1, 0.15) is 5.82 Å². The zero-order chi connectivity index (χ0) is 13.1. The summed E-state index contributed by atoms with van der Waals surface area (Å²) in [5.41, 5.74) is 6.60. The van der Waals surface area contributed by atoms with E-state index in [-0.39, 0.29) is 0 Å². The Kier molecular flexibility index (Phi) is 3.66. The maximum atomic E-state index is 13.2. The van der Waals surface area contributed by atoms with Gasteiger partial charge in [-0.1, -0.05) is 0 Å². The highest BCUT2D eigenvalue weighted by Crippen LogP contribution is 2.24. The molecule has 0 aliphatic carbocycles. The first kappa shape index (κ1) is 12.6. The van der Waals surface area contributed by atoms with Crippen molar-refractivity contribution in [1.82, 2.24) is 20.2 Å². The van der Waals surface area contributed by atoms with Gasteiger partial charge in [-0.25, -0.2) is 9.07 Å². The van der Waals surface area contributed by atoms with Crippen molar-refractivity contribution in [2.24, 2.45) is 0 Å². The monoisotopic (exact) mass is 269 g/mol. The van der Waals surface area contributed by atoms with E-state index < -0.39 is 16.6 Å². The second kappa shape index (κ2) is 5.21. The van der Waals surface area contributed by atoms with Crippen LogP contribution in [0.3, 0.4) is 0 Å². The molecule has 1 heterocycles. The van der Waals surface area contributed by atoms with E-state index >= 15 is 0 Å². The van der Waals surface area contributed by atoms with Gasteiger partial charge in [0.05, 0.1) is 6.54 Å². The van der Waals surface area contributed by atoms with Gasteiger partial charge in [-0.05, 0) is 28.6 Å². The number of nitrogens with zero attached hydrogens (tertiary/aromatic N) is 4. The molecule has 1 unspecified atom stereocenters. The van der Waals surface area contributed by atoms with Crippen LogP contribution in [0.5, 0.6) is 0 Å². The number of anilines is 1. The molecule has 1 aromatic heterocycles. The van der Waals surface area contributed by atoms with Gasteiger partial charge in [0, 0.05) is 34.1 Å². The van der Waals surface area contributed by atoms with Crippen LogP contribution in [0.15, 0.2) is 18.2 Å². The lowest BCUT2D eigenvalue weighted by atomic mass is 10.1. The molecule has 96 valence electrons. The Hall–Kier alpha value is -1.83. The van der Waals surface area contributed by atoms with E-state index in [0.29, 0.717) is 29.4 Å². The predicted molar refractivity (Wildman–Crippen MR) is 66.6 cm³/mol. The molecule has 0 aliphatic rings. The highest BCUT2D eigenvalue weighted by molar-refractivity contribution is 7.84. The summed E-state index contributed by atoms with van der Waals surface area (Å²) in [6.45, 7) is 0.390. The third kappa shape index (κ3) is 2.70. The molecule has 8 heteroatoms. The van der Waals surface area contributed by atoms with Crippen LogP contribution in [-0.2, 0) is 17.3 Å². The summed E-state index contributed by atoms with van der Waals surface area (Å²) in [6.07, 6.45) is 1.60. The molecular weight excluding hydrogens is 257 g/mol. The lowest BCUT2D eigenvalue weighted by Crippen LogP contribution is -2.10. The van der Waals surface area contributed by atoms with Crippen LogP contribution >= 0.6 is 0 Å². The molecule has 2 rings (SSSR count). The largest absolute Gasteiger partial charge is 0.398 e. The van der Waals surface area contributed by atoms with Gasteiger partial charge in [-0.2, -0.15) is 0 Å². The predicted octanol–water partition coefficient (Wildman–Crippen LogP) is 0.440. The molecule has 0 bridgehead atoms. The molecular formula is C10H12FN5OS. The highest BCUT2D eigenvalue weighted by atomic mass is 32.2. The van der Waals surface area contributed by atoms with E-state index in [0.717, 1.165) is 0 Å². The van der Waals surface area contributed by atoms with Crippen LogP contribution < -0.4 is 5.73 Å². The van der Waals surface area contributed by atoms with E-state index in [9.17, 15) is 8.60 Å². The highest BCUT2D eigenvalue weighted by Gasteiger charge is 2.13. The fourth-order valence-corrected chi connectivity index (χ4v) is 1.92. The third-order valence-electron chi connectivity index (χ3n) is 2.38. The normalized spacial score (nSPS) is 12.6. The Morgan fingerprint density at radius 2 is 2.28 bits per heavy atom. The number of nitrogen functional groups attached to an aromatic ring is 1. The van der Waals surface area contributed by atoms with Crippen LogP contribution in [0.1, 0.15) is 0 Å². The number of rotatable bonds is 4. The molecule has 1 atom stereocenters. The van der Waals surface area contributed by atoms with Gasteiger partial charge >= 0.3 is 0 Å². The molecule has 0 fully saturated rings. The number of aromatic nitrogens is 4. The van der Waals surface area contributed by atoms with Crippen molar-refractivity contribution < 1.29 is 8.60 Å². The standard InChI is InChI=1S/C10H12FN5OS/c1-18(17)5-4-16-10(13-14-15-16)8-6-7(11)2-3-9(8)12/h2-3,6H,4-5,12H2,1H3. The van der Waals surface area contributed by atoms with E-state index in [1.54, 1.807) is 6.26 Å². The average molecular weight is 269 g/mol. The minimum atomic E-state index is -0.946. The van der Waals surface area contributed by atoms with E-state index in [2.05, 4.69) is 15.5 Å². The third-order valence-corrected chi connectivity index (χ3v) is 3.14. The first-order valence-corrected chi connectivity index (χ1v) is 6.92. The van der Waals surface area contributed by atoms with Gasteiger partial charge in [0.2, 0.25) is 0 Å². The van der Waals surface area contributed by atoms with Crippen LogP contribution in [0.4, 0.5) is 10.1 Å². The van der Waals surface area contributed by atoms with Gasteiger partial charge in [0.25, 0.3) is 0 Å². The van der Waals surface area contributed by atoms with Crippen molar-refractivity contribution in [3.63, 3.8) is 0 Å². The number of hydrogen-bond acceptors (Lipinski definition) is 5. The van der Waals surface area contributed by atoms with Crippen molar-refractivity contribution in [3.05, 3.63) is 24.0 Å². The first-order chi connectivity index (χ1) is 8.58. The molecule has 2 N–H and O–H groups in total. The molecule has 0 radical (unpaired) electrons. The summed E-state index contributed by atoms with van der Waals surface area (Å²) in [4.78, 5) is 0. The molecule has 1 aromatic carbocycles. The van der Waals surface area contributed by atoms with Gasteiger partial charge in [-0.15, -0.1) is 5.10 Å². The molecule has 2 aromatic rings. The maximum Gasteiger partial charge on any atom is 0.184 e. The summed E-state index contributed by atoms with van der Waals surface area (Å²) in [6, 6.07) is 4.01. The molecule has 18 heavy (non-hydrogen) atoms. The molecule has 0 spiro atoms. The Labute approximate surface area is 105 Å². The van der Waals surface area contributed by atoms with Gasteiger partial charge in [-0.3, -0.25) is 4.21 Å². The van der Waals surface area contributed by atoms with Gasteiger partial charge < -0.3 is 5.73 Å². The fourth-order valence-electron chi connectivity index (χ4n) is 1.49. The average Bonchev–Trinajstić information content (AvgIpc) is 2.77. The fraction of sp³-hybridized carbons (Fsp3) is 0.300.